The maximum absolute atomic E-state index is 11.6. The van der Waals surface area contributed by atoms with Crippen molar-refractivity contribution in [3.63, 3.8) is 0 Å². The van der Waals surface area contributed by atoms with Crippen LogP contribution < -0.4 is 0 Å². The molecule has 0 amide bonds. The fraction of sp³-hybridized carbons (Fsp3) is 0.529. The molecule has 1 rings (SSSR count). The highest BCUT2D eigenvalue weighted by molar-refractivity contribution is 5.78. The summed E-state index contributed by atoms with van der Waals surface area (Å²) >= 11 is 0. The minimum Gasteiger partial charge on any atom is -0.303 e. The Bertz CT molecular complexity index is 413. The van der Waals surface area contributed by atoms with Crippen LogP contribution in [0.1, 0.15) is 46.5 Å². The second-order valence-electron chi connectivity index (χ2n) is 5.32. The molecule has 0 aromatic heterocycles. The Balaban J connectivity index is 2.77. The van der Waals surface area contributed by atoms with Crippen molar-refractivity contribution in [2.45, 2.75) is 46.5 Å². The van der Waals surface area contributed by atoms with Crippen molar-refractivity contribution < 1.29 is 9.59 Å². The molecular formula is C17H24O2. The van der Waals surface area contributed by atoms with Crippen LogP contribution in [0.3, 0.4) is 0 Å². The van der Waals surface area contributed by atoms with Gasteiger partial charge in [-0.15, -0.1) is 0 Å². The van der Waals surface area contributed by atoms with Gasteiger partial charge in [0, 0.05) is 11.8 Å². The van der Waals surface area contributed by atoms with Gasteiger partial charge in [-0.1, -0.05) is 50.1 Å². The predicted molar refractivity (Wildman–Crippen MR) is 78.8 cm³/mol. The maximum atomic E-state index is 11.6. The zero-order valence-electron chi connectivity index (χ0n) is 12.2. The molecule has 2 atom stereocenters. The molecule has 0 heterocycles. The van der Waals surface area contributed by atoms with Crippen molar-refractivity contribution in [2.24, 2.45) is 11.8 Å². The number of hydrogen-bond acceptors (Lipinski definition) is 2. The number of carbonyl (C=O) groups excluding carboxylic acids is 2. The highest BCUT2D eigenvalue weighted by atomic mass is 16.1. The molecule has 1 aliphatic rings. The van der Waals surface area contributed by atoms with Gasteiger partial charge in [-0.3, -0.25) is 4.79 Å². The van der Waals surface area contributed by atoms with Gasteiger partial charge in [0.05, 0.1) is 0 Å². The quantitative estimate of drug-likeness (QED) is 0.648. The fourth-order valence-electron chi connectivity index (χ4n) is 2.33. The maximum Gasteiger partial charge on any atom is 0.133 e. The molecule has 0 N–H and O–H groups in total. The summed E-state index contributed by atoms with van der Waals surface area (Å²) in [6.07, 6.45) is 12.9. The average molecular weight is 260 g/mol. The van der Waals surface area contributed by atoms with Crippen molar-refractivity contribution in [3.8, 4) is 0 Å². The summed E-state index contributed by atoms with van der Waals surface area (Å²) in [6, 6.07) is 0. The van der Waals surface area contributed by atoms with E-state index in [1.165, 1.54) is 5.57 Å². The lowest BCUT2D eigenvalue weighted by molar-refractivity contribution is -0.121. The lowest BCUT2D eigenvalue weighted by Crippen LogP contribution is -2.11. The molecule has 0 aromatic carbocycles. The molecule has 0 aromatic rings. The smallest absolute Gasteiger partial charge is 0.133 e. The zero-order chi connectivity index (χ0) is 14.3. The van der Waals surface area contributed by atoms with Crippen LogP contribution >= 0.6 is 0 Å². The topological polar surface area (TPSA) is 34.1 Å². The van der Waals surface area contributed by atoms with Gasteiger partial charge in [0.2, 0.25) is 0 Å². The summed E-state index contributed by atoms with van der Waals surface area (Å²) in [5.41, 5.74) is 2.32. The molecule has 0 radical (unpaired) electrons. The van der Waals surface area contributed by atoms with Gasteiger partial charge in [0.25, 0.3) is 0 Å². The SMILES string of the molecule is CCCC(CC1=CC=C(C(C)C=O)C=CC1)C(C)=O. The van der Waals surface area contributed by atoms with Crippen LogP contribution in [0.4, 0.5) is 0 Å². The molecule has 2 unspecified atom stereocenters. The molecule has 1 aliphatic carbocycles. The van der Waals surface area contributed by atoms with Gasteiger partial charge in [0.1, 0.15) is 12.1 Å². The minimum absolute atomic E-state index is 0.0638. The monoisotopic (exact) mass is 260 g/mol. The van der Waals surface area contributed by atoms with Gasteiger partial charge in [-0.05, 0) is 31.8 Å². The number of aldehydes is 1. The molecule has 0 saturated heterocycles. The summed E-state index contributed by atoms with van der Waals surface area (Å²) in [5.74, 6) is 0.357. The number of Topliss-reactive ketones (excluding diaryl/α,β-unsaturated/α-hetero) is 1. The Morgan fingerprint density at radius 1 is 1.42 bits per heavy atom. The molecule has 0 bridgehead atoms. The van der Waals surface area contributed by atoms with Crippen molar-refractivity contribution in [2.75, 3.05) is 0 Å². The van der Waals surface area contributed by atoms with E-state index in [4.69, 9.17) is 0 Å². The first-order valence-corrected chi connectivity index (χ1v) is 7.10. The molecule has 19 heavy (non-hydrogen) atoms. The summed E-state index contributed by atoms with van der Waals surface area (Å²) in [6.45, 7) is 5.70. The summed E-state index contributed by atoms with van der Waals surface area (Å²) in [7, 11) is 0. The van der Waals surface area contributed by atoms with E-state index in [1.54, 1.807) is 6.92 Å². The molecular weight excluding hydrogens is 236 g/mol. The first kappa shape index (κ1) is 15.6. The van der Waals surface area contributed by atoms with E-state index < -0.39 is 0 Å². The van der Waals surface area contributed by atoms with Crippen molar-refractivity contribution >= 4 is 12.1 Å². The lowest BCUT2D eigenvalue weighted by Gasteiger charge is -2.13. The van der Waals surface area contributed by atoms with Gasteiger partial charge >= 0.3 is 0 Å². The molecule has 0 aliphatic heterocycles. The zero-order valence-corrected chi connectivity index (χ0v) is 12.2. The van der Waals surface area contributed by atoms with E-state index in [9.17, 15) is 9.59 Å². The van der Waals surface area contributed by atoms with Crippen LogP contribution in [-0.2, 0) is 9.59 Å². The predicted octanol–water partition coefficient (Wildman–Crippen LogP) is 4.03. The Labute approximate surface area is 116 Å². The van der Waals surface area contributed by atoms with Crippen LogP contribution in [0.15, 0.2) is 35.5 Å². The number of hydrogen-bond donors (Lipinski definition) is 0. The summed E-state index contributed by atoms with van der Waals surface area (Å²) in [5, 5.41) is 0. The molecule has 0 saturated carbocycles. The highest BCUT2D eigenvalue weighted by Crippen LogP contribution is 2.24. The molecule has 0 spiro atoms. The van der Waals surface area contributed by atoms with E-state index in [0.29, 0.717) is 0 Å². The molecule has 2 heteroatoms. The Kier molecular flexibility index (Phi) is 6.48. The largest absolute Gasteiger partial charge is 0.303 e. The third kappa shape index (κ3) is 4.98. The first-order valence-electron chi connectivity index (χ1n) is 7.10. The number of rotatable bonds is 7. The molecule has 2 nitrogen and oxygen atoms in total. The number of carbonyl (C=O) groups is 2. The van der Waals surface area contributed by atoms with Crippen molar-refractivity contribution in [1.29, 1.82) is 0 Å². The van der Waals surface area contributed by atoms with Crippen LogP contribution in [-0.4, -0.2) is 12.1 Å². The van der Waals surface area contributed by atoms with Gasteiger partial charge < -0.3 is 4.79 Å². The van der Waals surface area contributed by atoms with E-state index in [1.807, 2.05) is 19.1 Å². The third-order valence-corrected chi connectivity index (χ3v) is 3.65. The molecule has 104 valence electrons. The Morgan fingerprint density at radius 2 is 2.16 bits per heavy atom. The number of ketones is 1. The second kappa shape index (κ2) is 7.88. The average Bonchev–Trinajstić information content (AvgIpc) is 2.63. The Morgan fingerprint density at radius 3 is 2.74 bits per heavy atom. The lowest BCUT2D eigenvalue weighted by atomic mass is 9.90. The molecule has 0 fully saturated rings. The van der Waals surface area contributed by atoms with Crippen LogP contribution in [0, 0.1) is 11.8 Å². The van der Waals surface area contributed by atoms with Gasteiger partial charge in [0.15, 0.2) is 0 Å². The standard InChI is InChI=1S/C17H24O2/c1-4-6-17(14(3)19)11-15-7-5-8-16(10-9-15)13(2)12-18/h5,8-10,12-13,17H,4,6-7,11H2,1-3H3. The van der Waals surface area contributed by atoms with Crippen LogP contribution in [0.25, 0.3) is 0 Å². The third-order valence-electron chi connectivity index (χ3n) is 3.65. The second-order valence-corrected chi connectivity index (χ2v) is 5.32. The van der Waals surface area contributed by atoms with Gasteiger partial charge in [-0.2, -0.15) is 0 Å². The van der Waals surface area contributed by atoms with Crippen molar-refractivity contribution in [3.05, 3.63) is 35.5 Å². The normalized spacial score (nSPS) is 18.1. The first-order chi connectivity index (χ1) is 9.08. The minimum atomic E-state index is -0.0638. The summed E-state index contributed by atoms with van der Waals surface area (Å²) < 4.78 is 0. The van der Waals surface area contributed by atoms with Crippen molar-refractivity contribution in [1.82, 2.24) is 0 Å². The van der Waals surface area contributed by atoms with E-state index in [-0.39, 0.29) is 17.6 Å². The van der Waals surface area contributed by atoms with E-state index in [2.05, 4.69) is 19.1 Å². The van der Waals surface area contributed by atoms with Crippen LogP contribution in [0.2, 0.25) is 0 Å². The Hall–Kier alpha value is -1.44. The van der Waals surface area contributed by atoms with E-state index in [0.717, 1.165) is 37.5 Å². The number of allylic oxidation sites excluding steroid dienone is 6. The van der Waals surface area contributed by atoms with Crippen LogP contribution in [0.5, 0.6) is 0 Å². The van der Waals surface area contributed by atoms with Gasteiger partial charge in [-0.25, -0.2) is 0 Å². The highest BCUT2D eigenvalue weighted by Gasteiger charge is 2.15. The van der Waals surface area contributed by atoms with E-state index >= 15 is 0 Å². The summed E-state index contributed by atoms with van der Waals surface area (Å²) in [4.78, 5) is 22.4. The fourth-order valence-corrected chi connectivity index (χ4v) is 2.33.